The maximum atomic E-state index is 11.6. The molecule has 1 aromatic carbocycles. The van der Waals surface area contributed by atoms with E-state index in [2.05, 4.69) is 17.5 Å². The Morgan fingerprint density at radius 2 is 1.82 bits per heavy atom. The van der Waals surface area contributed by atoms with E-state index in [0.29, 0.717) is 6.42 Å². The Bertz CT molecular complexity index is 458. The number of unbranched alkanes of at least 4 members (excludes halogenated alkanes) is 7. The molecule has 0 atom stereocenters. The van der Waals surface area contributed by atoms with Crippen molar-refractivity contribution < 1.29 is 9.90 Å². The first-order chi connectivity index (χ1) is 10.7. The van der Waals surface area contributed by atoms with Crippen molar-refractivity contribution in [1.29, 1.82) is 0 Å². The molecule has 0 saturated carbocycles. The fraction of sp³-hybridized carbons (Fsp3) is 0.556. The fourth-order valence-corrected chi connectivity index (χ4v) is 2.26. The van der Waals surface area contributed by atoms with E-state index in [1.54, 1.807) is 18.2 Å². The Morgan fingerprint density at radius 1 is 1.14 bits per heavy atom. The van der Waals surface area contributed by atoms with Crippen molar-refractivity contribution in [2.75, 3.05) is 0 Å². The van der Waals surface area contributed by atoms with Gasteiger partial charge in [-0.25, -0.2) is 5.43 Å². The molecule has 0 radical (unpaired) electrons. The summed E-state index contributed by atoms with van der Waals surface area (Å²) in [6.45, 7) is 2.22. The van der Waals surface area contributed by atoms with E-state index in [1.807, 2.05) is 6.07 Å². The van der Waals surface area contributed by atoms with Crippen LogP contribution in [0.3, 0.4) is 0 Å². The van der Waals surface area contributed by atoms with Gasteiger partial charge in [-0.05, 0) is 24.1 Å². The number of phenols is 1. The number of aromatic hydroxyl groups is 1. The molecule has 22 heavy (non-hydrogen) atoms. The third kappa shape index (κ3) is 9.16. The predicted octanol–water partition coefficient (Wildman–Crippen LogP) is 4.37. The molecule has 0 spiro atoms. The molecule has 2 N–H and O–H groups in total. The van der Waals surface area contributed by atoms with Gasteiger partial charge in [0.1, 0.15) is 5.75 Å². The highest BCUT2D eigenvalue weighted by molar-refractivity contribution is 5.82. The first-order valence-electron chi connectivity index (χ1n) is 8.33. The lowest BCUT2D eigenvalue weighted by Crippen LogP contribution is -2.16. The summed E-state index contributed by atoms with van der Waals surface area (Å²) in [5.74, 6) is 0.136. The molecule has 0 fully saturated rings. The summed E-state index contributed by atoms with van der Waals surface area (Å²) in [7, 11) is 0. The number of hydrogen-bond acceptors (Lipinski definition) is 3. The maximum absolute atomic E-state index is 11.6. The summed E-state index contributed by atoms with van der Waals surface area (Å²) in [4.78, 5) is 11.6. The van der Waals surface area contributed by atoms with Crippen LogP contribution in [0.5, 0.6) is 5.75 Å². The smallest absolute Gasteiger partial charge is 0.240 e. The van der Waals surface area contributed by atoms with Crippen molar-refractivity contribution in [1.82, 2.24) is 5.43 Å². The second kappa shape index (κ2) is 11.8. The molecule has 0 unspecified atom stereocenters. The first-order valence-corrected chi connectivity index (χ1v) is 8.33. The molecule has 0 aliphatic heterocycles. The van der Waals surface area contributed by atoms with Gasteiger partial charge in [-0.3, -0.25) is 4.79 Å². The predicted molar refractivity (Wildman–Crippen MR) is 91.1 cm³/mol. The summed E-state index contributed by atoms with van der Waals surface area (Å²) in [5, 5.41) is 13.2. The zero-order chi connectivity index (χ0) is 16.0. The lowest BCUT2D eigenvalue weighted by molar-refractivity contribution is -0.121. The Balaban J connectivity index is 2.04. The van der Waals surface area contributed by atoms with Crippen LogP contribution in [0.25, 0.3) is 0 Å². The molecule has 0 saturated heterocycles. The van der Waals surface area contributed by atoms with Crippen LogP contribution in [0.4, 0.5) is 0 Å². The molecule has 1 amide bonds. The maximum Gasteiger partial charge on any atom is 0.240 e. The number of hydrogen-bond donors (Lipinski definition) is 2. The van der Waals surface area contributed by atoms with Crippen LogP contribution in [0.2, 0.25) is 0 Å². The number of carbonyl (C=O) groups is 1. The molecule has 1 aromatic rings. The van der Waals surface area contributed by atoms with E-state index in [0.717, 1.165) is 18.4 Å². The Kier molecular flexibility index (Phi) is 9.75. The highest BCUT2D eigenvalue weighted by Gasteiger charge is 1.99. The average Bonchev–Trinajstić information content (AvgIpc) is 2.50. The number of nitrogens with zero attached hydrogens (tertiary/aromatic N) is 1. The van der Waals surface area contributed by atoms with E-state index in [9.17, 15) is 9.90 Å². The molecule has 1 rings (SSSR count). The van der Waals surface area contributed by atoms with Crippen LogP contribution >= 0.6 is 0 Å². The number of carbonyl (C=O) groups excluding carboxylic acids is 1. The quantitative estimate of drug-likeness (QED) is 0.362. The van der Waals surface area contributed by atoms with Crippen molar-refractivity contribution in [3.63, 3.8) is 0 Å². The molecular formula is C18H28N2O2. The molecule has 0 aliphatic carbocycles. The van der Waals surface area contributed by atoms with Crippen LogP contribution in [-0.4, -0.2) is 17.2 Å². The minimum absolute atomic E-state index is 0.0533. The molecule has 122 valence electrons. The monoisotopic (exact) mass is 304 g/mol. The fourth-order valence-electron chi connectivity index (χ4n) is 2.26. The zero-order valence-corrected chi connectivity index (χ0v) is 13.6. The molecule has 0 aromatic heterocycles. The molecule has 4 heteroatoms. The van der Waals surface area contributed by atoms with E-state index >= 15 is 0 Å². The van der Waals surface area contributed by atoms with Gasteiger partial charge >= 0.3 is 0 Å². The van der Waals surface area contributed by atoms with Gasteiger partial charge in [0, 0.05) is 6.42 Å². The van der Waals surface area contributed by atoms with Crippen LogP contribution in [-0.2, 0) is 4.79 Å². The number of benzene rings is 1. The highest BCUT2D eigenvalue weighted by atomic mass is 16.3. The highest BCUT2D eigenvalue weighted by Crippen LogP contribution is 2.10. The minimum Gasteiger partial charge on any atom is -0.508 e. The third-order valence-electron chi connectivity index (χ3n) is 3.53. The minimum atomic E-state index is -0.0533. The number of phenolic OH excluding ortho intramolecular Hbond substituents is 1. The summed E-state index contributed by atoms with van der Waals surface area (Å²) < 4.78 is 0. The second-order valence-corrected chi connectivity index (χ2v) is 5.61. The Morgan fingerprint density at radius 3 is 2.50 bits per heavy atom. The normalized spacial score (nSPS) is 11.0. The van der Waals surface area contributed by atoms with Gasteiger partial charge in [0.05, 0.1) is 6.21 Å². The molecular weight excluding hydrogens is 276 g/mol. The second-order valence-electron chi connectivity index (χ2n) is 5.61. The number of amides is 1. The zero-order valence-electron chi connectivity index (χ0n) is 13.6. The first kappa shape index (κ1) is 18.2. The van der Waals surface area contributed by atoms with Gasteiger partial charge in [-0.1, -0.05) is 64.0 Å². The van der Waals surface area contributed by atoms with Gasteiger partial charge in [0.25, 0.3) is 0 Å². The summed E-state index contributed by atoms with van der Waals surface area (Å²) in [6, 6.07) is 6.74. The summed E-state index contributed by atoms with van der Waals surface area (Å²) in [5.41, 5.74) is 3.28. The summed E-state index contributed by atoms with van der Waals surface area (Å²) in [6.07, 6.45) is 11.8. The van der Waals surface area contributed by atoms with Crippen molar-refractivity contribution in [2.45, 2.75) is 64.7 Å². The third-order valence-corrected chi connectivity index (χ3v) is 3.53. The van der Waals surface area contributed by atoms with Crippen molar-refractivity contribution in [2.24, 2.45) is 5.10 Å². The lowest BCUT2D eigenvalue weighted by Gasteiger charge is -2.01. The number of nitrogens with one attached hydrogen (secondary N) is 1. The van der Waals surface area contributed by atoms with Crippen molar-refractivity contribution >= 4 is 12.1 Å². The van der Waals surface area contributed by atoms with Gasteiger partial charge in [-0.2, -0.15) is 5.10 Å². The van der Waals surface area contributed by atoms with Crippen LogP contribution in [0.1, 0.15) is 70.3 Å². The number of hydrazone groups is 1. The van der Waals surface area contributed by atoms with E-state index in [-0.39, 0.29) is 11.7 Å². The van der Waals surface area contributed by atoms with Gasteiger partial charge < -0.3 is 5.11 Å². The standard InChI is InChI=1S/C18H28N2O2/c1-2-3-4-5-6-7-8-9-13-18(22)20-19-15-16-11-10-12-17(21)14-16/h10-12,14-15,21H,2-9,13H2,1H3,(H,20,22)/b19-15+. The average molecular weight is 304 g/mol. The van der Waals surface area contributed by atoms with Gasteiger partial charge in [-0.15, -0.1) is 0 Å². The molecule has 0 heterocycles. The molecule has 4 nitrogen and oxygen atoms in total. The van der Waals surface area contributed by atoms with Crippen LogP contribution < -0.4 is 5.43 Å². The lowest BCUT2D eigenvalue weighted by atomic mass is 10.1. The van der Waals surface area contributed by atoms with Gasteiger partial charge in [0.2, 0.25) is 5.91 Å². The van der Waals surface area contributed by atoms with Crippen molar-refractivity contribution in [3.8, 4) is 5.75 Å². The van der Waals surface area contributed by atoms with Crippen LogP contribution in [0.15, 0.2) is 29.4 Å². The topological polar surface area (TPSA) is 61.7 Å². The van der Waals surface area contributed by atoms with E-state index in [4.69, 9.17) is 0 Å². The van der Waals surface area contributed by atoms with E-state index < -0.39 is 0 Å². The molecule has 0 bridgehead atoms. The molecule has 0 aliphatic rings. The number of rotatable bonds is 11. The largest absolute Gasteiger partial charge is 0.508 e. The van der Waals surface area contributed by atoms with Gasteiger partial charge in [0.15, 0.2) is 0 Å². The van der Waals surface area contributed by atoms with E-state index in [1.165, 1.54) is 44.7 Å². The Labute approximate surface area is 133 Å². The SMILES string of the molecule is CCCCCCCCCCC(=O)N/N=C/c1cccc(O)c1. The summed E-state index contributed by atoms with van der Waals surface area (Å²) >= 11 is 0. The van der Waals surface area contributed by atoms with Crippen molar-refractivity contribution in [3.05, 3.63) is 29.8 Å². The Hall–Kier alpha value is -1.84. The van der Waals surface area contributed by atoms with Crippen LogP contribution in [0, 0.1) is 0 Å².